The van der Waals surface area contributed by atoms with E-state index in [0.717, 1.165) is 48.0 Å². The summed E-state index contributed by atoms with van der Waals surface area (Å²) in [6, 6.07) is 10.0. The van der Waals surface area contributed by atoms with Crippen LogP contribution < -0.4 is 0 Å². The van der Waals surface area contributed by atoms with E-state index in [1.165, 1.54) is 29.3 Å². The number of aromatic nitrogens is 3. The average molecular weight is 379 g/mol. The molecule has 0 bridgehead atoms. The van der Waals surface area contributed by atoms with E-state index in [4.69, 9.17) is 4.42 Å². The van der Waals surface area contributed by atoms with E-state index in [9.17, 15) is 4.79 Å². The maximum Gasteiger partial charge on any atom is 0.192 e. The molecule has 5 rings (SSSR count). The van der Waals surface area contributed by atoms with Crippen LogP contribution in [0.15, 0.2) is 46.2 Å². The lowest BCUT2D eigenvalue weighted by molar-refractivity contribution is 0.102. The van der Waals surface area contributed by atoms with E-state index >= 15 is 0 Å². The van der Waals surface area contributed by atoms with Crippen molar-refractivity contribution < 1.29 is 9.21 Å². The quantitative estimate of drug-likeness (QED) is 0.453. The van der Waals surface area contributed by atoms with E-state index in [2.05, 4.69) is 26.9 Å². The summed E-state index contributed by atoms with van der Waals surface area (Å²) in [5.74, 6) is 2.91. The van der Waals surface area contributed by atoms with Crippen LogP contribution in [0.5, 0.6) is 0 Å². The number of hydrogen-bond donors (Lipinski definition) is 0. The van der Waals surface area contributed by atoms with Gasteiger partial charge in [-0.1, -0.05) is 23.9 Å². The molecule has 0 saturated heterocycles. The highest BCUT2D eigenvalue weighted by molar-refractivity contribution is 7.99. The lowest BCUT2D eigenvalue weighted by Gasteiger charge is -2.08. The van der Waals surface area contributed by atoms with Crippen LogP contribution in [0.1, 0.15) is 58.2 Å². The Hall–Kier alpha value is -2.34. The third kappa shape index (κ3) is 3.46. The molecule has 1 aromatic carbocycles. The Bertz CT molecular complexity index is 973. The van der Waals surface area contributed by atoms with Gasteiger partial charge in [-0.25, -0.2) is 0 Å². The van der Waals surface area contributed by atoms with Gasteiger partial charge in [-0.2, -0.15) is 0 Å². The standard InChI is InChI=1S/C21H21N3O2S/c25-19(17-9-6-14-3-1-4-16(14)11-17)13-27-21-23-22-20(15-7-8-15)24(21)12-18-5-2-10-26-18/h2,5-6,9-11,15H,1,3-4,7-8,12-13H2. The number of ketones is 1. The summed E-state index contributed by atoms with van der Waals surface area (Å²) in [4.78, 5) is 12.7. The first-order valence-electron chi connectivity index (χ1n) is 9.51. The molecule has 27 heavy (non-hydrogen) atoms. The molecule has 0 atom stereocenters. The molecule has 0 N–H and O–H groups in total. The summed E-state index contributed by atoms with van der Waals surface area (Å²) in [6.45, 7) is 0.612. The summed E-state index contributed by atoms with van der Waals surface area (Å²) in [6.07, 6.45) is 7.43. The summed E-state index contributed by atoms with van der Waals surface area (Å²) in [5, 5.41) is 9.55. The minimum absolute atomic E-state index is 0.148. The van der Waals surface area contributed by atoms with Gasteiger partial charge in [0.25, 0.3) is 0 Å². The van der Waals surface area contributed by atoms with Crippen molar-refractivity contribution in [2.45, 2.75) is 49.7 Å². The fourth-order valence-corrected chi connectivity index (χ4v) is 4.56. The fourth-order valence-electron chi connectivity index (χ4n) is 3.72. The molecule has 2 aromatic heterocycles. The van der Waals surface area contributed by atoms with Gasteiger partial charge >= 0.3 is 0 Å². The molecule has 0 amide bonds. The molecule has 2 heterocycles. The first kappa shape index (κ1) is 16.8. The van der Waals surface area contributed by atoms with Crippen molar-refractivity contribution >= 4 is 17.5 Å². The van der Waals surface area contributed by atoms with Crippen molar-refractivity contribution in [2.75, 3.05) is 5.75 Å². The molecule has 5 nitrogen and oxygen atoms in total. The number of hydrogen-bond acceptors (Lipinski definition) is 5. The highest BCUT2D eigenvalue weighted by Crippen LogP contribution is 2.40. The van der Waals surface area contributed by atoms with Crippen LogP contribution in [0.4, 0.5) is 0 Å². The average Bonchev–Trinajstić information content (AvgIpc) is 3.09. The fraction of sp³-hybridized carbons (Fsp3) is 0.381. The second-order valence-corrected chi connectivity index (χ2v) is 8.27. The van der Waals surface area contributed by atoms with E-state index in [0.29, 0.717) is 18.2 Å². The third-order valence-corrected chi connectivity index (χ3v) is 6.30. The van der Waals surface area contributed by atoms with E-state index in [-0.39, 0.29) is 5.78 Å². The van der Waals surface area contributed by atoms with Gasteiger partial charge in [-0.15, -0.1) is 10.2 Å². The predicted octanol–water partition coefficient (Wildman–Crippen LogP) is 4.26. The SMILES string of the molecule is O=C(CSc1nnc(C2CC2)n1Cc1ccco1)c1ccc2c(c1)CCC2. The van der Waals surface area contributed by atoms with Gasteiger partial charge in [0.1, 0.15) is 11.6 Å². The van der Waals surface area contributed by atoms with Gasteiger partial charge in [-0.3, -0.25) is 9.36 Å². The Labute approximate surface area is 162 Å². The van der Waals surface area contributed by atoms with Gasteiger partial charge in [-0.05, 0) is 61.4 Å². The lowest BCUT2D eigenvalue weighted by atomic mass is 10.0. The molecule has 138 valence electrons. The molecule has 1 saturated carbocycles. The number of aryl methyl sites for hydroxylation is 2. The lowest BCUT2D eigenvalue weighted by Crippen LogP contribution is -2.08. The third-order valence-electron chi connectivity index (χ3n) is 5.33. The molecule has 2 aliphatic rings. The molecular weight excluding hydrogens is 358 g/mol. The molecule has 0 unspecified atom stereocenters. The second-order valence-electron chi connectivity index (χ2n) is 7.33. The Morgan fingerprint density at radius 3 is 2.89 bits per heavy atom. The zero-order chi connectivity index (χ0) is 18.2. The normalized spacial score (nSPS) is 15.9. The Kier molecular flexibility index (Phi) is 4.36. The number of Topliss-reactive ketones (excluding diaryl/α,β-unsaturated/α-hetero) is 1. The number of nitrogens with zero attached hydrogens (tertiary/aromatic N) is 3. The molecule has 3 aromatic rings. The molecule has 6 heteroatoms. The maximum atomic E-state index is 12.7. The van der Waals surface area contributed by atoms with Crippen molar-refractivity contribution in [1.82, 2.24) is 14.8 Å². The zero-order valence-corrected chi connectivity index (χ0v) is 15.9. The number of thioether (sulfide) groups is 1. The highest BCUT2D eigenvalue weighted by atomic mass is 32.2. The predicted molar refractivity (Wildman–Crippen MR) is 103 cm³/mol. The van der Waals surface area contributed by atoms with Crippen LogP contribution in [0.3, 0.4) is 0 Å². The number of furan rings is 1. The zero-order valence-electron chi connectivity index (χ0n) is 15.1. The minimum Gasteiger partial charge on any atom is -0.467 e. The molecule has 0 radical (unpaired) electrons. The summed E-state index contributed by atoms with van der Waals surface area (Å²) in [7, 11) is 0. The van der Waals surface area contributed by atoms with Crippen molar-refractivity contribution in [2.24, 2.45) is 0 Å². The van der Waals surface area contributed by atoms with E-state index in [1.54, 1.807) is 6.26 Å². The van der Waals surface area contributed by atoms with Crippen LogP contribution in [0, 0.1) is 0 Å². The molecule has 0 aliphatic heterocycles. The largest absolute Gasteiger partial charge is 0.467 e. The minimum atomic E-state index is 0.148. The van der Waals surface area contributed by atoms with E-state index in [1.807, 2.05) is 18.2 Å². The van der Waals surface area contributed by atoms with Gasteiger partial charge < -0.3 is 4.42 Å². The van der Waals surface area contributed by atoms with Gasteiger partial charge in [0, 0.05) is 11.5 Å². The van der Waals surface area contributed by atoms with Crippen LogP contribution in [-0.2, 0) is 19.4 Å². The van der Waals surface area contributed by atoms with Crippen molar-refractivity contribution in [3.05, 3.63) is 64.9 Å². The Morgan fingerprint density at radius 1 is 1.19 bits per heavy atom. The van der Waals surface area contributed by atoms with Crippen LogP contribution >= 0.6 is 11.8 Å². The highest BCUT2D eigenvalue weighted by Gasteiger charge is 2.31. The monoisotopic (exact) mass is 379 g/mol. The molecule has 0 spiro atoms. The Balaban J connectivity index is 1.32. The topological polar surface area (TPSA) is 60.9 Å². The summed E-state index contributed by atoms with van der Waals surface area (Å²) in [5.41, 5.74) is 3.54. The summed E-state index contributed by atoms with van der Waals surface area (Å²) >= 11 is 1.47. The number of rotatable bonds is 7. The number of carbonyl (C=O) groups excluding carboxylic acids is 1. The first-order valence-corrected chi connectivity index (χ1v) is 10.5. The molecule has 1 fully saturated rings. The van der Waals surface area contributed by atoms with Crippen LogP contribution in [-0.4, -0.2) is 26.3 Å². The van der Waals surface area contributed by atoms with Gasteiger partial charge in [0.15, 0.2) is 10.9 Å². The first-order chi connectivity index (χ1) is 13.3. The summed E-state index contributed by atoms with van der Waals surface area (Å²) < 4.78 is 7.61. The van der Waals surface area contributed by atoms with Crippen molar-refractivity contribution in [3.8, 4) is 0 Å². The van der Waals surface area contributed by atoms with E-state index < -0.39 is 0 Å². The Morgan fingerprint density at radius 2 is 2.07 bits per heavy atom. The van der Waals surface area contributed by atoms with Crippen LogP contribution in [0.2, 0.25) is 0 Å². The smallest absolute Gasteiger partial charge is 0.192 e. The second kappa shape index (κ2) is 7.00. The molecular formula is C21H21N3O2S. The number of carbonyl (C=O) groups is 1. The number of benzene rings is 1. The van der Waals surface area contributed by atoms with Gasteiger partial charge in [0.05, 0.1) is 18.6 Å². The number of fused-ring (bicyclic) bond motifs is 1. The van der Waals surface area contributed by atoms with Crippen molar-refractivity contribution in [1.29, 1.82) is 0 Å². The van der Waals surface area contributed by atoms with Crippen molar-refractivity contribution in [3.63, 3.8) is 0 Å². The maximum absolute atomic E-state index is 12.7. The van der Waals surface area contributed by atoms with Gasteiger partial charge in [0.2, 0.25) is 0 Å². The van der Waals surface area contributed by atoms with Crippen LogP contribution in [0.25, 0.3) is 0 Å². The molecule has 2 aliphatic carbocycles.